The third kappa shape index (κ3) is 2.59. The van der Waals surface area contributed by atoms with Gasteiger partial charge in [-0.25, -0.2) is 9.97 Å². The van der Waals surface area contributed by atoms with Crippen LogP contribution in [0.25, 0.3) is 33.3 Å². The molecule has 0 bridgehead atoms. The average Bonchev–Trinajstić information content (AvgIpc) is 3.46. The minimum absolute atomic E-state index is 0.246. The number of rotatable bonds is 5. The zero-order valence-corrected chi connectivity index (χ0v) is 16.3. The molecule has 1 saturated carbocycles. The first-order valence-corrected chi connectivity index (χ1v) is 9.60. The number of nitrogens with two attached hydrogens (primary N) is 1. The molecule has 30 heavy (non-hydrogen) atoms. The average molecular weight is 398 g/mol. The summed E-state index contributed by atoms with van der Waals surface area (Å²) < 4.78 is 6.02. The van der Waals surface area contributed by atoms with Gasteiger partial charge >= 0.3 is 0 Å². The molecule has 1 fully saturated rings. The van der Waals surface area contributed by atoms with Crippen LogP contribution in [0.3, 0.4) is 0 Å². The van der Waals surface area contributed by atoms with Gasteiger partial charge in [0.25, 0.3) is 0 Å². The van der Waals surface area contributed by atoms with Crippen LogP contribution in [0.5, 0.6) is 0 Å². The second kappa shape index (κ2) is 6.52. The van der Waals surface area contributed by atoms with Gasteiger partial charge in [-0.3, -0.25) is 9.78 Å². The van der Waals surface area contributed by atoms with E-state index in [0.29, 0.717) is 46.9 Å². The lowest BCUT2D eigenvalue weighted by Crippen LogP contribution is -2.29. The fourth-order valence-electron chi connectivity index (χ4n) is 3.87. The largest absolute Gasteiger partial charge is 0.436 e. The van der Waals surface area contributed by atoms with Crippen molar-refractivity contribution >= 4 is 33.6 Å². The molecule has 0 unspecified atom stereocenters. The van der Waals surface area contributed by atoms with Crippen molar-refractivity contribution in [1.29, 1.82) is 5.26 Å². The summed E-state index contributed by atoms with van der Waals surface area (Å²) in [5.74, 6) is 0.705. The molecular formula is C22H18N6O2. The van der Waals surface area contributed by atoms with Crippen molar-refractivity contribution in [1.82, 2.24) is 15.0 Å². The van der Waals surface area contributed by atoms with Crippen LogP contribution in [0.4, 0.5) is 5.82 Å². The Morgan fingerprint density at radius 2 is 2.13 bits per heavy atom. The lowest BCUT2D eigenvalue weighted by Gasteiger charge is -2.13. The Kier molecular flexibility index (Phi) is 3.93. The highest BCUT2D eigenvalue weighted by Gasteiger charge is 2.51. The van der Waals surface area contributed by atoms with Crippen LogP contribution >= 0.6 is 0 Å². The van der Waals surface area contributed by atoms with Crippen molar-refractivity contribution in [2.24, 2.45) is 5.73 Å². The van der Waals surface area contributed by atoms with Gasteiger partial charge in [0.15, 0.2) is 5.58 Å². The highest BCUT2D eigenvalue weighted by molar-refractivity contribution is 6.02. The monoisotopic (exact) mass is 398 g/mol. The van der Waals surface area contributed by atoms with Gasteiger partial charge in [0, 0.05) is 30.2 Å². The van der Waals surface area contributed by atoms with Gasteiger partial charge in [0.05, 0.1) is 29.2 Å². The number of aromatic nitrogens is 3. The van der Waals surface area contributed by atoms with Crippen LogP contribution in [-0.2, 0) is 16.6 Å². The third-order valence-electron chi connectivity index (χ3n) is 5.72. The predicted molar refractivity (Wildman–Crippen MR) is 112 cm³/mol. The van der Waals surface area contributed by atoms with Gasteiger partial charge in [-0.2, -0.15) is 5.26 Å². The van der Waals surface area contributed by atoms with E-state index in [1.54, 1.807) is 19.4 Å². The zero-order chi connectivity index (χ0) is 20.9. The molecule has 0 saturated heterocycles. The summed E-state index contributed by atoms with van der Waals surface area (Å²) in [5.41, 5.74) is 8.36. The summed E-state index contributed by atoms with van der Waals surface area (Å²) in [6.07, 6.45) is 5.04. The molecule has 5 rings (SSSR count). The van der Waals surface area contributed by atoms with Gasteiger partial charge < -0.3 is 15.5 Å². The number of nitrogens with zero attached hydrogens (tertiary/aromatic N) is 4. The van der Waals surface area contributed by atoms with Crippen LogP contribution in [0.15, 0.2) is 41.1 Å². The number of anilines is 1. The summed E-state index contributed by atoms with van der Waals surface area (Å²) >= 11 is 0. The first kappa shape index (κ1) is 18.1. The number of amides is 1. The van der Waals surface area contributed by atoms with E-state index >= 15 is 0 Å². The molecule has 4 aromatic rings. The van der Waals surface area contributed by atoms with Gasteiger partial charge in [0.2, 0.25) is 11.8 Å². The number of benzene rings is 1. The number of hydrogen-bond donors (Lipinski definition) is 2. The van der Waals surface area contributed by atoms with E-state index in [1.165, 1.54) is 0 Å². The summed E-state index contributed by atoms with van der Waals surface area (Å²) in [7, 11) is 1.79. The maximum Gasteiger partial charge on any atom is 0.229 e. The molecule has 3 heterocycles. The predicted octanol–water partition coefficient (Wildman–Crippen LogP) is 3.06. The number of hydrogen-bond acceptors (Lipinski definition) is 7. The number of primary amides is 1. The van der Waals surface area contributed by atoms with E-state index in [0.717, 1.165) is 16.3 Å². The Labute approximate surface area is 171 Å². The van der Waals surface area contributed by atoms with Gasteiger partial charge in [-0.1, -0.05) is 12.1 Å². The van der Waals surface area contributed by atoms with E-state index in [4.69, 9.17) is 15.4 Å². The van der Waals surface area contributed by atoms with Crippen LogP contribution in [0, 0.1) is 11.3 Å². The van der Waals surface area contributed by atoms with Crippen LogP contribution in [0.2, 0.25) is 0 Å². The number of carbonyl (C=O) groups excluding carboxylic acids is 1. The Bertz CT molecular complexity index is 1360. The number of pyridine rings is 2. The molecule has 3 N–H and O–H groups in total. The van der Waals surface area contributed by atoms with Gasteiger partial charge in [-0.15, -0.1) is 0 Å². The standard InChI is InChI=1S/C22H18N6O2/c1-25-19-14-10-26-17(22(6-7-22)21(24)29)9-13(14)15(11-27-19)20-28-18-12(5-8-23)3-2-4-16(18)30-20/h2-4,9-11H,5-7H2,1H3,(H2,24,29)(H,25,27). The Balaban J connectivity index is 1.75. The number of nitriles is 1. The topological polar surface area (TPSA) is 131 Å². The van der Waals surface area contributed by atoms with Crippen LogP contribution < -0.4 is 11.1 Å². The van der Waals surface area contributed by atoms with Crippen molar-refractivity contribution in [3.63, 3.8) is 0 Å². The SMILES string of the molecule is CNc1ncc(-c2nc3c(CC#N)cccc3o2)c2cc(C3(C(N)=O)CC3)ncc12. The molecule has 1 amide bonds. The van der Waals surface area contributed by atoms with Crippen LogP contribution in [0.1, 0.15) is 24.1 Å². The van der Waals surface area contributed by atoms with E-state index in [9.17, 15) is 4.79 Å². The number of nitrogens with one attached hydrogen (secondary N) is 1. The van der Waals surface area contributed by atoms with Crippen molar-refractivity contribution in [2.75, 3.05) is 12.4 Å². The maximum absolute atomic E-state index is 12.0. The third-order valence-corrected chi connectivity index (χ3v) is 5.72. The highest BCUT2D eigenvalue weighted by atomic mass is 16.3. The number of fused-ring (bicyclic) bond motifs is 2. The van der Waals surface area contributed by atoms with Gasteiger partial charge in [0.1, 0.15) is 11.3 Å². The van der Waals surface area contributed by atoms with Crippen molar-refractivity contribution in [2.45, 2.75) is 24.7 Å². The quantitative estimate of drug-likeness (QED) is 0.528. The fraction of sp³-hybridized carbons (Fsp3) is 0.227. The summed E-state index contributed by atoms with van der Waals surface area (Å²) in [4.78, 5) is 25.7. The van der Waals surface area contributed by atoms with Crippen molar-refractivity contribution < 1.29 is 9.21 Å². The number of oxazole rings is 1. The van der Waals surface area contributed by atoms with Crippen molar-refractivity contribution in [3.05, 3.63) is 47.9 Å². The lowest BCUT2D eigenvalue weighted by molar-refractivity contribution is -0.120. The smallest absolute Gasteiger partial charge is 0.229 e. The van der Waals surface area contributed by atoms with E-state index in [-0.39, 0.29) is 12.3 Å². The first-order valence-electron chi connectivity index (χ1n) is 9.60. The molecule has 1 aromatic carbocycles. The van der Waals surface area contributed by atoms with Gasteiger partial charge in [-0.05, 0) is 30.5 Å². The summed E-state index contributed by atoms with van der Waals surface area (Å²) in [6.45, 7) is 0. The van der Waals surface area contributed by atoms with Crippen LogP contribution in [-0.4, -0.2) is 27.9 Å². The molecule has 0 atom stereocenters. The normalized spacial score (nSPS) is 14.5. The number of carbonyl (C=O) groups is 1. The molecule has 1 aliphatic rings. The summed E-state index contributed by atoms with van der Waals surface area (Å²) in [6, 6.07) is 9.57. The zero-order valence-electron chi connectivity index (χ0n) is 16.3. The van der Waals surface area contributed by atoms with E-state index in [1.807, 2.05) is 24.3 Å². The highest BCUT2D eigenvalue weighted by Crippen LogP contribution is 2.48. The molecule has 8 nitrogen and oxygen atoms in total. The molecule has 0 spiro atoms. The molecule has 0 aliphatic heterocycles. The maximum atomic E-state index is 12.0. The van der Waals surface area contributed by atoms with E-state index in [2.05, 4.69) is 26.3 Å². The Morgan fingerprint density at radius 3 is 2.83 bits per heavy atom. The second-order valence-electron chi connectivity index (χ2n) is 7.45. The van der Waals surface area contributed by atoms with E-state index < -0.39 is 5.41 Å². The molecule has 3 aromatic heterocycles. The minimum atomic E-state index is -0.699. The molecule has 148 valence electrons. The summed E-state index contributed by atoms with van der Waals surface area (Å²) in [5, 5.41) is 13.8. The fourth-order valence-corrected chi connectivity index (χ4v) is 3.87. The first-order chi connectivity index (χ1) is 14.6. The molecule has 8 heteroatoms. The second-order valence-corrected chi connectivity index (χ2v) is 7.45. The number of para-hydroxylation sites is 1. The Morgan fingerprint density at radius 1 is 1.30 bits per heavy atom. The molecule has 1 aliphatic carbocycles. The Hall–Kier alpha value is -3.99. The van der Waals surface area contributed by atoms with Crippen molar-refractivity contribution in [3.8, 4) is 17.5 Å². The molecular weight excluding hydrogens is 380 g/mol. The minimum Gasteiger partial charge on any atom is -0.436 e. The lowest BCUT2D eigenvalue weighted by atomic mass is 9.98. The molecule has 0 radical (unpaired) electrons.